The molecule has 0 aliphatic carbocycles. The maximum atomic E-state index is 13.1. The third-order valence-electron chi connectivity index (χ3n) is 13.3. The van der Waals surface area contributed by atoms with Crippen LogP contribution in [0.2, 0.25) is 0 Å². The lowest BCUT2D eigenvalue weighted by atomic mass is 10.0. The van der Waals surface area contributed by atoms with Gasteiger partial charge in [-0.05, 0) is 25.7 Å². The van der Waals surface area contributed by atoms with Gasteiger partial charge in [0.1, 0.15) is 0 Å². The van der Waals surface area contributed by atoms with Crippen molar-refractivity contribution in [2.45, 2.75) is 336 Å². The molecule has 0 aliphatic heterocycles. The van der Waals surface area contributed by atoms with Crippen LogP contribution in [0.4, 0.5) is 0 Å². The first-order valence-corrected chi connectivity index (χ1v) is 27.7. The molecule has 0 bridgehead atoms. The van der Waals surface area contributed by atoms with Gasteiger partial charge in [0.25, 0.3) is 0 Å². The van der Waals surface area contributed by atoms with Crippen molar-refractivity contribution >= 4 is 5.91 Å². The molecule has 0 spiro atoms. The van der Waals surface area contributed by atoms with E-state index >= 15 is 0 Å². The van der Waals surface area contributed by atoms with Gasteiger partial charge in [-0.1, -0.05) is 297 Å². The molecule has 1 unspecified atom stereocenters. The highest BCUT2D eigenvalue weighted by Gasteiger charge is 2.18. The van der Waals surface area contributed by atoms with Gasteiger partial charge in [-0.15, -0.1) is 0 Å². The second-order valence-electron chi connectivity index (χ2n) is 19.1. The molecular formula is C55H112N2O. The largest absolute Gasteiger partial charge is 0.341 e. The number of hydrogen-bond acceptors (Lipinski definition) is 2. The maximum Gasteiger partial charge on any atom is 0.221 e. The third kappa shape index (κ3) is 45.0. The smallest absolute Gasteiger partial charge is 0.221 e. The molecular weight excluding hydrogens is 705 g/mol. The summed E-state index contributed by atoms with van der Waals surface area (Å²) in [5.74, 6) is 0.291. The number of nitrogens with zero attached hydrogens (tertiary/aromatic N) is 1. The van der Waals surface area contributed by atoms with Gasteiger partial charge >= 0.3 is 0 Å². The molecule has 0 fully saturated rings. The molecule has 3 heteroatoms. The fourth-order valence-electron chi connectivity index (χ4n) is 9.16. The lowest BCUT2D eigenvalue weighted by Gasteiger charge is -2.32. The van der Waals surface area contributed by atoms with Gasteiger partial charge in [-0.2, -0.15) is 0 Å². The second kappa shape index (κ2) is 50.8. The number of hydrogen-bond donors (Lipinski definition) is 1. The first kappa shape index (κ1) is 57.4. The van der Waals surface area contributed by atoms with Crippen LogP contribution in [0.1, 0.15) is 329 Å². The molecule has 0 radical (unpaired) electrons. The zero-order valence-electron chi connectivity index (χ0n) is 41.1. The van der Waals surface area contributed by atoms with E-state index in [1.807, 2.05) is 0 Å². The fourth-order valence-corrected chi connectivity index (χ4v) is 9.16. The summed E-state index contributed by atoms with van der Waals surface area (Å²) in [6.07, 6.45) is 64.9. The topological polar surface area (TPSA) is 32.3 Å². The van der Waals surface area contributed by atoms with Crippen molar-refractivity contribution in [3.05, 3.63) is 0 Å². The first-order chi connectivity index (χ1) is 28.7. The molecule has 348 valence electrons. The molecule has 1 amide bonds. The summed E-state index contributed by atoms with van der Waals surface area (Å²) in [6, 6.07) is 0. The van der Waals surface area contributed by atoms with Crippen molar-refractivity contribution in [2.75, 3.05) is 13.1 Å². The minimum absolute atomic E-state index is 0.210. The summed E-state index contributed by atoms with van der Waals surface area (Å²) in [5, 5.41) is 3.51. The molecule has 0 heterocycles. The van der Waals surface area contributed by atoms with E-state index < -0.39 is 0 Å². The highest BCUT2D eigenvalue weighted by molar-refractivity contribution is 5.76. The van der Waals surface area contributed by atoms with Gasteiger partial charge in [0.05, 0.1) is 6.17 Å². The quantitative estimate of drug-likeness (QED) is 0.0490. The minimum atomic E-state index is 0.210. The molecule has 0 saturated carbocycles. The molecule has 0 aromatic heterocycles. The molecule has 0 saturated heterocycles. The summed E-state index contributed by atoms with van der Waals surface area (Å²) >= 11 is 0. The summed E-state index contributed by atoms with van der Waals surface area (Å²) < 4.78 is 0. The normalized spacial score (nSPS) is 12.2. The van der Waals surface area contributed by atoms with Gasteiger partial charge in [-0.3, -0.25) is 9.69 Å². The van der Waals surface area contributed by atoms with E-state index in [9.17, 15) is 4.79 Å². The SMILES string of the molecule is CCCCCCCCCCCCCCCCCCN(CCCCCCCCCCCCCCCC)C(CC)NC(=O)CCCCCCCCCCCCCCCCC. The summed E-state index contributed by atoms with van der Waals surface area (Å²) in [5.41, 5.74) is 0. The standard InChI is InChI=1S/C55H112N2O/c1-5-9-12-15-18-21-24-27-30-32-35-38-41-44-47-50-53-57(52-49-46-43-40-37-34-29-26-23-20-17-14-11-7-3)54(8-4)56-55(58)51-48-45-42-39-36-33-31-28-25-22-19-16-13-10-6-2/h54H,5-53H2,1-4H3,(H,56,58). The molecule has 1 N–H and O–H groups in total. The summed E-state index contributed by atoms with van der Waals surface area (Å²) in [7, 11) is 0. The van der Waals surface area contributed by atoms with Crippen LogP contribution in [-0.2, 0) is 4.79 Å². The Bertz CT molecular complexity index is 754. The Morgan fingerprint density at radius 2 is 0.517 bits per heavy atom. The van der Waals surface area contributed by atoms with Crippen LogP contribution < -0.4 is 5.32 Å². The van der Waals surface area contributed by atoms with Crippen LogP contribution in [0, 0.1) is 0 Å². The Kier molecular flexibility index (Phi) is 50.3. The lowest BCUT2D eigenvalue weighted by molar-refractivity contribution is -0.123. The van der Waals surface area contributed by atoms with Crippen molar-refractivity contribution in [3.8, 4) is 0 Å². The lowest BCUT2D eigenvalue weighted by Crippen LogP contribution is -2.48. The predicted octanol–water partition coefficient (Wildman–Crippen LogP) is 19.1. The van der Waals surface area contributed by atoms with Crippen molar-refractivity contribution in [2.24, 2.45) is 0 Å². The van der Waals surface area contributed by atoms with Crippen LogP contribution in [0.15, 0.2) is 0 Å². The predicted molar refractivity (Wildman–Crippen MR) is 263 cm³/mol. The van der Waals surface area contributed by atoms with Crippen LogP contribution >= 0.6 is 0 Å². The Hall–Kier alpha value is -0.570. The Morgan fingerprint density at radius 3 is 0.741 bits per heavy atom. The molecule has 1 atom stereocenters. The van der Waals surface area contributed by atoms with E-state index in [1.54, 1.807) is 0 Å². The molecule has 3 nitrogen and oxygen atoms in total. The Labute approximate surface area is 368 Å². The number of carbonyl (C=O) groups excluding carboxylic acids is 1. The second-order valence-corrected chi connectivity index (χ2v) is 19.1. The van der Waals surface area contributed by atoms with Crippen LogP contribution in [-0.4, -0.2) is 30.1 Å². The van der Waals surface area contributed by atoms with Crippen LogP contribution in [0.5, 0.6) is 0 Å². The van der Waals surface area contributed by atoms with Gasteiger partial charge in [0.15, 0.2) is 0 Å². The fraction of sp³-hybridized carbons (Fsp3) is 0.982. The zero-order chi connectivity index (χ0) is 42.1. The van der Waals surface area contributed by atoms with Crippen molar-refractivity contribution in [3.63, 3.8) is 0 Å². The molecule has 58 heavy (non-hydrogen) atoms. The molecule has 0 rings (SSSR count). The van der Waals surface area contributed by atoms with Gasteiger partial charge in [0, 0.05) is 19.5 Å². The van der Waals surface area contributed by atoms with Crippen LogP contribution in [0.3, 0.4) is 0 Å². The van der Waals surface area contributed by atoms with Gasteiger partial charge < -0.3 is 5.32 Å². The van der Waals surface area contributed by atoms with E-state index in [4.69, 9.17) is 0 Å². The summed E-state index contributed by atoms with van der Waals surface area (Å²) in [4.78, 5) is 15.8. The van der Waals surface area contributed by atoms with E-state index in [-0.39, 0.29) is 6.17 Å². The zero-order valence-corrected chi connectivity index (χ0v) is 41.1. The maximum absolute atomic E-state index is 13.1. The third-order valence-corrected chi connectivity index (χ3v) is 13.3. The van der Waals surface area contributed by atoms with E-state index in [0.29, 0.717) is 12.3 Å². The number of unbranched alkanes of at least 4 members (excludes halogenated alkanes) is 42. The number of nitrogens with one attached hydrogen (secondary N) is 1. The van der Waals surface area contributed by atoms with Gasteiger partial charge in [0.2, 0.25) is 5.91 Å². The first-order valence-electron chi connectivity index (χ1n) is 27.7. The molecule has 0 aromatic rings. The monoisotopic (exact) mass is 817 g/mol. The van der Waals surface area contributed by atoms with E-state index in [1.165, 1.54) is 283 Å². The molecule has 0 aliphatic rings. The number of carbonyl (C=O) groups is 1. The number of rotatable bonds is 51. The minimum Gasteiger partial charge on any atom is -0.341 e. The number of amides is 1. The van der Waals surface area contributed by atoms with Crippen molar-refractivity contribution in [1.29, 1.82) is 0 Å². The van der Waals surface area contributed by atoms with Crippen LogP contribution in [0.25, 0.3) is 0 Å². The summed E-state index contributed by atoms with van der Waals surface area (Å²) in [6.45, 7) is 11.5. The van der Waals surface area contributed by atoms with E-state index in [0.717, 1.165) is 25.9 Å². The van der Waals surface area contributed by atoms with Crippen molar-refractivity contribution in [1.82, 2.24) is 10.2 Å². The van der Waals surface area contributed by atoms with E-state index in [2.05, 4.69) is 37.9 Å². The van der Waals surface area contributed by atoms with Crippen molar-refractivity contribution < 1.29 is 4.79 Å². The average molecular weight is 818 g/mol. The highest BCUT2D eigenvalue weighted by atomic mass is 16.1. The Morgan fingerprint density at radius 1 is 0.310 bits per heavy atom. The highest BCUT2D eigenvalue weighted by Crippen LogP contribution is 2.18. The Balaban J connectivity index is 4.29. The molecule has 0 aromatic carbocycles. The van der Waals surface area contributed by atoms with Gasteiger partial charge in [-0.25, -0.2) is 0 Å². The average Bonchev–Trinajstić information content (AvgIpc) is 3.23.